The third kappa shape index (κ3) is 4.64. The molecule has 1 rings (SSSR count). The number of carboxylic acid groups (broad SMARTS) is 1. The van der Waals surface area contributed by atoms with Crippen LogP contribution < -0.4 is 5.32 Å². The quantitative estimate of drug-likeness (QED) is 0.741. The lowest BCUT2D eigenvalue weighted by Gasteiger charge is -2.19. The summed E-state index contributed by atoms with van der Waals surface area (Å²) in [4.78, 5) is 28.2. The van der Waals surface area contributed by atoms with Gasteiger partial charge in [0.15, 0.2) is 0 Å². The summed E-state index contributed by atoms with van der Waals surface area (Å²) in [6.45, 7) is 3.67. The molecular formula is C10H13N3O3S. The average Bonchev–Trinajstić information content (AvgIpc) is 2.77. The molecule has 0 atom stereocenters. The molecule has 0 saturated carbocycles. The molecule has 0 aromatic carbocycles. The van der Waals surface area contributed by atoms with E-state index < -0.39 is 12.0 Å². The van der Waals surface area contributed by atoms with Crippen molar-refractivity contribution in [3.05, 3.63) is 29.2 Å². The number of thiazole rings is 1. The van der Waals surface area contributed by atoms with E-state index in [4.69, 9.17) is 5.11 Å². The summed E-state index contributed by atoms with van der Waals surface area (Å²) in [6, 6.07) is -0.430. The van der Waals surface area contributed by atoms with Gasteiger partial charge in [0.05, 0.1) is 12.1 Å². The van der Waals surface area contributed by atoms with Crippen molar-refractivity contribution in [3.63, 3.8) is 0 Å². The molecule has 0 spiro atoms. The molecule has 1 aromatic rings. The number of amides is 2. The lowest BCUT2D eigenvalue weighted by Crippen LogP contribution is -2.42. The third-order valence-electron chi connectivity index (χ3n) is 1.86. The van der Waals surface area contributed by atoms with Crippen LogP contribution in [0.25, 0.3) is 0 Å². The Bertz CT molecular complexity index is 392. The molecule has 2 N–H and O–H groups in total. The second-order valence-electron chi connectivity index (χ2n) is 3.19. The summed E-state index contributed by atoms with van der Waals surface area (Å²) in [5, 5.41) is 11.3. The molecule has 1 heterocycles. The zero-order valence-electron chi connectivity index (χ0n) is 9.13. The second kappa shape index (κ2) is 6.64. The number of hydrogen-bond acceptors (Lipinski definition) is 4. The summed E-state index contributed by atoms with van der Waals surface area (Å²) < 4.78 is 0. The molecule has 0 fully saturated rings. The molecule has 17 heavy (non-hydrogen) atoms. The predicted molar refractivity (Wildman–Crippen MR) is 63.8 cm³/mol. The Morgan fingerprint density at radius 1 is 1.65 bits per heavy atom. The molecular weight excluding hydrogens is 242 g/mol. The topological polar surface area (TPSA) is 82.5 Å². The molecule has 0 aliphatic carbocycles. The number of rotatable bonds is 6. The molecule has 7 heteroatoms. The van der Waals surface area contributed by atoms with Crippen molar-refractivity contribution in [1.82, 2.24) is 15.2 Å². The molecule has 0 unspecified atom stereocenters. The SMILES string of the molecule is C=CCN(CC(=O)O)C(=O)NCc1cncs1. The smallest absolute Gasteiger partial charge is 0.323 e. The Labute approximate surface area is 103 Å². The monoisotopic (exact) mass is 255 g/mol. The zero-order chi connectivity index (χ0) is 12.7. The Balaban J connectivity index is 2.46. The van der Waals surface area contributed by atoms with Gasteiger partial charge in [-0.2, -0.15) is 0 Å². The van der Waals surface area contributed by atoms with Gasteiger partial charge in [-0.25, -0.2) is 4.79 Å². The lowest BCUT2D eigenvalue weighted by molar-refractivity contribution is -0.137. The van der Waals surface area contributed by atoms with Crippen molar-refractivity contribution in [2.45, 2.75) is 6.54 Å². The van der Waals surface area contributed by atoms with Crippen LogP contribution in [-0.4, -0.2) is 40.1 Å². The number of carboxylic acids is 1. The van der Waals surface area contributed by atoms with E-state index in [9.17, 15) is 9.59 Å². The van der Waals surface area contributed by atoms with E-state index in [2.05, 4.69) is 16.9 Å². The highest BCUT2D eigenvalue weighted by molar-refractivity contribution is 7.09. The molecule has 0 saturated heterocycles. The second-order valence-corrected chi connectivity index (χ2v) is 4.16. The van der Waals surface area contributed by atoms with Gasteiger partial charge in [0, 0.05) is 17.6 Å². The summed E-state index contributed by atoms with van der Waals surface area (Å²) in [5.41, 5.74) is 1.67. The first-order valence-corrected chi connectivity index (χ1v) is 5.74. The third-order valence-corrected chi connectivity index (χ3v) is 2.64. The number of nitrogens with zero attached hydrogens (tertiary/aromatic N) is 2. The molecule has 0 bridgehead atoms. The van der Waals surface area contributed by atoms with Crippen LogP contribution in [0.4, 0.5) is 4.79 Å². The van der Waals surface area contributed by atoms with Crippen molar-refractivity contribution in [1.29, 1.82) is 0 Å². The highest BCUT2D eigenvalue weighted by Gasteiger charge is 2.14. The van der Waals surface area contributed by atoms with Crippen LogP contribution in [0, 0.1) is 0 Å². The molecule has 0 radical (unpaired) electrons. The minimum Gasteiger partial charge on any atom is -0.480 e. The highest BCUT2D eigenvalue weighted by atomic mass is 32.1. The summed E-state index contributed by atoms with van der Waals surface area (Å²) in [7, 11) is 0. The Morgan fingerprint density at radius 3 is 2.94 bits per heavy atom. The molecule has 6 nitrogen and oxygen atoms in total. The average molecular weight is 255 g/mol. The van der Waals surface area contributed by atoms with Crippen molar-refractivity contribution in [2.24, 2.45) is 0 Å². The number of carbonyl (C=O) groups is 2. The highest BCUT2D eigenvalue weighted by Crippen LogP contribution is 2.04. The van der Waals surface area contributed by atoms with Gasteiger partial charge in [-0.1, -0.05) is 6.08 Å². The van der Waals surface area contributed by atoms with Crippen molar-refractivity contribution >= 4 is 23.3 Å². The standard InChI is InChI=1S/C10H13N3O3S/c1-2-3-13(6-9(14)15)10(16)12-5-8-4-11-7-17-8/h2,4,7H,1,3,5-6H2,(H,12,16)(H,14,15). The Morgan fingerprint density at radius 2 is 2.41 bits per heavy atom. The fourth-order valence-electron chi connectivity index (χ4n) is 1.14. The molecule has 92 valence electrons. The normalized spacial score (nSPS) is 9.65. The predicted octanol–water partition coefficient (Wildman–Crippen LogP) is 0.925. The minimum atomic E-state index is -1.06. The summed E-state index contributed by atoms with van der Waals surface area (Å²) in [5.74, 6) is -1.06. The number of carbonyl (C=O) groups excluding carboxylic acids is 1. The number of aliphatic carboxylic acids is 1. The van der Waals surface area contributed by atoms with Gasteiger partial charge in [-0.05, 0) is 0 Å². The van der Waals surface area contributed by atoms with E-state index in [0.717, 1.165) is 9.78 Å². The first kappa shape index (κ1) is 13.2. The van der Waals surface area contributed by atoms with Crippen LogP contribution in [-0.2, 0) is 11.3 Å². The fourth-order valence-corrected chi connectivity index (χ4v) is 1.68. The minimum absolute atomic E-state index is 0.195. The van der Waals surface area contributed by atoms with Gasteiger partial charge >= 0.3 is 12.0 Å². The lowest BCUT2D eigenvalue weighted by atomic mass is 10.4. The largest absolute Gasteiger partial charge is 0.480 e. The molecule has 0 aliphatic rings. The summed E-state index contributed by atoms with van der Waals surface area (Å²) in [6.07, 6.45) is 3.13. The molecule has 2 amide bonds. The van der Waals surface area contributed by atoms with Crippen molar-refractivity contribution in [2.75, 3.05) is 13.1 Å². The van der Waals surface area contributed by atoms with Gasteiger partial charge in [-0.3, -0.25) is 9.78 Å². The number of urea groups is 1. The van der Waals surface area contributed by atoms with Gasteiger partial charge in [0.25, 0.3) is 0 Å². The maximum absolute atomic E-state index is 11.7. The fraction of sp³-hybridized carbons (Fsp3) is 0.300. The van der Waals surface area contributed by atoms with Gasteiger partial charge in [0.1, 0.15) is 6.54 Å². The van der Waals surface area contributed by atoms with Gasteiger partial charge < -0.3 is 15.3 Å². The zero-order valence-corrected chi connectivity index (χ0v) is 9.94. The van der Waals surface area contributed by atoms with Crippen LogP contribution in [0.5, 0.6) is 0 Å². The Kier molecular flexibility index (Phi) is 5.15. The van der Waals surface area contributed by atoms with Crippen LogP contribution in [0.15, 0.2) is 24.4 Å². The van der Waals surface area contributed by atoms with Crippen molar-refractivity contribution < 1.29 is 14.7 Å². The van der Waals surface area contributed by atoms with Crippen LogP contribution in [0.1, 0.15) is 4.88 Å². The number of hydrogen-bond donors (Lipinski definition) is 2. The van der Waals surface area contributed by atoms with Gasteiger partial charge in [-0.15, -0.1) is 17.9 Å². The number of nitrogens with one attached hydrogen (secondary N) is 1. The van der Waals surface area contributed by atoms with E-state index in [1.807, 2.05) is 0 Å². The first-order chi connectivity index (χ1) is 8.13. The van der Waals surface area contributed by atoms with Crippen LogP contribution in [0.3, 0.4) is 0 Å². The maximum Gasteiger partial charge on any atom is 0.323 e. The van der Waals surface area contributed by atoms with E-state index in [0.29, 0.717) is 6.54 Å². The molecule has 1 aromatic heterocycles. The van der Waals surface area contributed by atoms with Crippen LogP contribution in [0.2, 0.25) is 0 Å². The van der Waals surface area contributed by atoms with Gasteiger partial charge in [0.2, 0.25) is 0 Å². The first-order valence-electron chi connectivity index (χ1n) is 4.86. The van der Waals surface area contributed by atoms with E-state index in [1.165, 1.54) is 17.4 Å². The van der Waals surface area contributed by atoms with E-state index in [-0.39, 0.29) is 13.1 Å². The Hall–Kier alpha value is -1.89. The van der Waals surface area contributed by atoms with E-state index in [1.54, 1.807) is 11.7 Å². The van der Waals surface area contributed by atoms with E-state index >= 15 is 0 Å². The number of aromatic nitrogens is 1. The maximum atomic E-state index is 11.7. The van der Waals surface area contributed by atoms with Crippen LogP contribution >= 0.6 is 11.3 Å². The van der Waals surface area contributed by atoms with Crippen molar-refractivity contribution in [3.8, 4) is 0 Å². The summed E-state index contributed by atoms with van der Waals surface area (Å²) >= 11 is 1.42. The molecule has 0 aliphatic heterocycles.